The Balaban J connectivity index is 3.10. The minimum absolute atomic E-state index is 0.157. The van der Waals surface area contributed by atoms with Gasteiger partial charge in [-0.3, -0.25) is 0 Å². The molecule has 0 radical (unpaired) electrons. The summed E-state index contributed by atoms with van der Waals surface area (Å²) in [5.74, 6) is 0. The second-order valence-electron chi connectivity index (χ2n) is 2.14. The van der Waals surface area contributed by atoms with Gasteiger partial charge in [0.05, 0.1) is 0 Å². The van der Waals surface area contributed by atoms with Gasteiger partial charge in [-0.25, -0.2) is 0 Å². The number of hydrogen-bond donors (Lipinski definition) is 0. The summed E-state index contributed by atoms with van der Waals surface area (Å²) in [5, 5.41) is 0. The molecule has 0 amide bonds. The molecular formula is C5H12CuNO. The summed E-state index contributed by atoms with van der Waals surface area (Å²) >= 11 is 4.50. The van der Waals surface area contributed by atoms with E-state index >= 15 is 0 Å². The van der Waals surface area contributed by atoms with E-state index in [9.17, 15) is 0 Å². The third-order valence-corrected chi connectivity index (χ3v) is 1.12. The minimum atomic E-state index is 0.157. The molecule has 0 heterocycles. The predicted molar refractivity (Wildman–Crippen MR) is 29.1 cm³/mol. The zero-order valence-electron chi connectivity index (χ0n) is 5.44. The fourth-order valence-corrected chi connectivity index (χ4v) is 0.607. The number of rotatable bonds is 3. The van der Waals surface area contributed by atoms with Crippen LogP contribution in [0.1, 0.15) is 6.92 Å². The monoisotopic (exact) mass is 165 g/mol. The Morgan fingerprint density at radius 2 is 2.12 bits per heavy atom. The van der Waals surface area contributed by atoms with E-state index in [1.54, 1.807) is 0 Å². The Morgan fingerprint density at radius 1 is 1.62 bits per heavy atom. The molecule has 0 saturated carbocycles. The van der Waals surface area contributed by atoms with Gasteiger partial charge in [-0.2, -0.15) is 0 Å². The molecule has 0 saturated heterocycles. The fourth-order valence-electron chi connectivity index (χ4n) is 0.537. The van der Waals surface area contributed by atoms with Crippen molar-refractivity contribution in [3.63, 3.8) is 0 Å². The molecule has 0 aromatic carbocycles. The van der Waals surface area contributed by atoms with E-state index in [1.807, 2.05) is 25.9 Å². The van der Waals surface area contributed by atoms with Crippen LogP contribution in [0.5, 0.6) is 0 Å². The Labute approximate surface area is 59.3 Å². The van der Waals surface area contributed by atoms with Crippen LogP contribution in [0.3, 0.4) is 0 Å². The molecule has 0 aromatic heterocycles. The molecule has 54 valence electrons. The molecule has 0 spiro atoms. The average molecular weight is 166 g/mol. The van der Waals surface area contributed by atoms with E-state index in [1.165, 1.54) is 0 Å². The third kappa shape index (κ3) is 4.59. The quantitative estimate of drug-likeness (QED) is 0.562. The number of nitrogens with zero attached hydrogens (tertiary/aromatic N) is 1. The Hall–Kier alpha value is 0.439. The molecule has 0 N–H and O–H groups in total. The van der Waals surface area contributed by atoms with Crippen molar-refractivity contribution in [2.75, 3.05) is 20.6 Å². The molecule has 3 heteroatoms. The van der Waals surface area contributed by atoms with Crippen LogP contribution in [0.2, 0.25) is 0 Å². The van der Waals surface area contributed by atoms with Crippen molar-refractivity contribution >= 4 is 0 Å². The SMILES string of the molecule is CC(CN(C)C)[O][Cu]. The Bertz CT molecular complexity index is 58.4. The van der Waals surface area contributed by atoms with Crippen molar-refractivity contribution in [1.29, 1.82) is 0 Å². The third-order valence-electron chi connectivity index (χ3n) is 0.744. The van der Waals surface area contributed by atoms with E-state index < -0.39 is 0 Å². The van der Waals surface area contributed by atoms with Gasteiger partial charge in [-0.05, 0) is 0 Å². The first-order valence-electron chi connectivity index (χ1n) is 2.56. The van der Waals surface area contributed by atoms with Crippen LogP contribution in [0.15, 0.2) is 0 Å². The molecule has 0 bridgehead atoms. The molecule has 0 aliphatic rings. The van der Waals surface area contributed by atoms with Crippen LogP contribution < -0.4 is 0 Å². The molecular weight excluding hydrogens is 154 g/mol. The molecule has 1 atom stereocenters. The summed E-state index contributed by atoms with van der Waals surface area (Å²) in [5.41, 5.74) is 0. The van der Waals surface area contributed by atoms with Gasteiger partial charge in [0.1, 0.15) is 0 Å². The van der Waals surface area contributed by atoms with Gasteiger partial charge in [0.25, 0.3) is 0 Å². The first-order chi connectivity index (χ1) is 3.66. The second kappa shape index (κ2) is 4.33. The van der Waals surface area contributed by atoms with Gasteiger partial charge >= 0.3 is 58.7 Å². The summed E-state index contributed by atoms with van der Waals surface area (Å²) in [6, 6.07) is 0. The van der Waals surface area contributed by atoms with E-state index in [4.69, 9.17) is 0 Å². The summed E-state index contributed by atoms with van der Waals surface area (Å²) in [4.78, 5) is 2.04. The van der Waals surface area contributed by atoms with Gasteiger partial charge in [0, 0.05) is 0 Å². The zero-order valence-corrected chi connectivity index (χ0v) is 6.38. The van der Waals surface area contributed by atoms with Crippen molar-refractivity contribution in [3.05, 3.63) is 0 Å². The molecule has 2 nitrogen and oxygen atoms in total. The van der Waals surface area contributed by atoms with Crippen molar-refractivity contribution in [2.24, 2.45) is 0 Å². The van der Waals surface area contributed by atoms with Crippen molar-refractivity contribution in [1.82, 2.24) is 4.90 Å². The molecule has 0 aliphatic carbocycles. The fraction of sp³-hybridized carbons (Fsp3) is 1.00. The normalized spacial score (nSPS) is 14.8. The second-order valence-corrected chi connectivity index (χ2v) is 2.37. The van der Waals surface area contributed by atoms with Crippen LogP contribution >= 0.6 is 0 Å². The van der Waals surface area contributed by atoms with Crippen LogP contribution in [0.25, 0.3) is 0 Å². The number of hydrogen-bond acceptors (Lipinski definition) is 2. The number of likely N-dealkylation sites (N-methyl/N-ethyl adjacent to an activating group) is 1. The molecule has 0 aliphatic heterocycles. The maximum absolute atomic E-state index is 4.58. The van der Waals surface area contributed by atoms with Gasteiger partial charge < -0.3 is 0 Å². The topological polar surface area (TPSA) is 12.5 Å². The standard InChI is InChI=1S/C5H12NO.Cu/c1-5(7)4-6(2)3;/h5H,4H2,1-3H3;/q-1;+1. The Kier molecular flexibility index (Phi) is 4.57. The Morgan fingerprint density at radius 3 is 2.25 bits per heavy atom. The van der Waals surface area contributed by atoms with Crippen LogP contribution in [0.4, 0.5) is 0 Å². The van der Waals surface area contributed by atoms with Gasteiger partial charge in [0.2, 0.25) is 0 Å². The van der Waals surface area contributed by atoms with Crippen LogP contribution in [-0.2, 0) is 20.2 Å². The van der Waals surface area contributed by atoms with E-state index in [-0.39, 0.29) is 6.10 Å². The van der Waals surface area contributed by atoms with Crippen molar-refractivity contribution < 1.29 is 20.2 Å². The summed E-state index contributed by atoms with van der Waals surface area (Å²) < 4.78 is 4.58. The molecule has 0 fully saturated rings. The summed E-state index contributed by atoms with van der Waals surface area (Å²) in [6.07, 6.45) is 0.157. The van der Waals surface area contributed by atoms with E-state index in [0.29, 0.717) is 0 Å². The molecule has 1 unspecified atom stereocenters. The van der Waals surface area contributed by atoms with Crippen LogP contribution in [0, 0.1) is 0 Å². The molecule has 8 heavy (non-hydrogen) atoms. The molecule has 0 aromatic rings. The maximum atomic E-state index is 4.58. The molecule has 0 rings (SSSR count). The summed E-state index contributed by atoms with van der Waals surface area (Å²) in [6.45, 7) is 2.83. The van der Waals surface area contributed by atoms with Crippen molar-refractivity contribution in [3.8, 4) is 0 Å². The zero-order chi connectivity index (χ0) is 6.57. The van der Waals surface area contributed by atoms with E-state index in [0.717, 1.165) is 6.54 Å². The van der Waals surface area contributed by atoms with Gasteiger partial charge in [-0.15, -0.1) is 0 Å². The first-order valence-corrected chi connectivity index (χ1v) is 2.94. The van der Waals surface area contributed by atoms with Gasteiger partial charge in [0.15, 0.2) is 0 Å². The predicted octanol–water partition coefficient (Wildman–Crippen LogP) is 0.415. The van der Waals surface area contributed by atoms with Crippen molar-refractivity contribution in [2.45, 2.75) is 13.0 Å². The summed E-state index contributed by atoms with van der Waals surface area (Å²) in [7, 11) is 3.98. The first kappa shape index (κ1) is 8.44. The van der Waals surface area contributed by atoms with Crippen LogP contribution in [-0.4, -0.2) is 31.6 Å². The average Bonchev–Trinajstić information content (AvgIpc) is 1.65. The van der Waals surface area contributed by atoms with Gasteiger partial charge in [-0.1, -0.05) is 0 Å². The van der Waals surface area contributed by atoms with E-state index in [2.05, 4.69) is 20.2 Å².